The largest absolute Gasteiger partial charge is 0.338 e. The molecule has 0 saturated carbocycles. The highest BCUT2D eigenvalue weighted by atomic mass is 19.1. The summed E-state index contributed by atoms with van der Waals surface area (Å²) in [5, 5.41) is 3.30. The fourth-order valence-corrected chi connectivity index (χ4v) is 3.22. The van der Waals surface area contributed by atoms with Gasteiger partial charge in [-0.05, 0) is 55.5 Å². The van der Waals surface area contributed by atoms with Gasteiger partial charge < -0.3 is 10.2 Å². The van der Waals surface area contributed by atoms with Gasteiger partial charge in [0.15, 0.2) is 0 Å². The lowest BCUT2D eigenvalue weighted by molar-refractivity contribution is -0.128. The van der Waals surface area contributed by atoms with Gasteiger partial charge in [0.05, 0.1) is 0 Å². The second kappa shape index (κ2) is 5.92. The summed E-state index contributed by atoms with van der Waals surface area (Å²) in [4.78, 5) is 13.4. The molecule has 2 fully saturated rings. The molecule has 1 aromatic carbocycles. The number of piperidine rings is 1. The van der Waals surface area contributed by atoms with Crippen molar-refractivity contribution in [2.75, 3.05) is 19.6 Å². The van der Waals surface area contributed by atoms with Crippen molar-refractivity contribution in [1.29, 1.82) is 0 Å². The van der Waals surface area contributed by atoms with Gasteiger partial charge in [0.25, 0.3) is 0 Å². The van der Waals surface area contributed by atoms with E-state index in [-0.39, 0.29) is 11.7 Å². The number of rotatable bonds is 3. The Kier molecular flexibility index (Phi) is 4.01. The molecule has 3 nitrogen and oxygen atoms in total. The summed E-state index contributed by atoms with van der Waals surface area (Å²) in [6.45, 7) is 3.28. The van der Waals surface area contributed by atoms with E-state index in [9.17, 15) is 9.18 Å². The van der Waals surface area contributed by atoms with E-state index in [4.69, 9.17) is 0 Å². The minimum atomic E-state index is -0.110. The number of nitrogens with one attached hydrogen (secondary N) is 1. The van der Waals surface area contributed by atoms with Gasteiger partial charge in [0.1, 0.15) is 5.82 Å². The zero-order valence-corrected chi connectivity index (χ0v) is 11.7. The zero-order chi connectivity index (χ0) is 13.9. The predicted molar refractivity (Wildman–Crippen MR) is 75.9 cm³/mol. The number of carbonyl (C=O) groups excluding carboxylic acids is 1. The normalized spacial score (nSPS) is 20.6. The maximum absolute atomic E-state index is 14.3. The minimum Gasteiger partial charge on any atom is -0.338 e. The molecule has 0 radical (unpaired) electrons. The smallest absolute Gasteiger partial charge is 0.222 e. The highest BCUT2D eigenvalue weighted by Crippen LogP contribution is 2.28. The van der Waals surface area contributed by atoms with Crippen molar-refractivity contribution < 1.29 is 9.18 Å². The number of carbonyl (C=O) groups is 1. The lowest BCUT2D eigenvalue weighted by atomic mass is 9.89. The number of hydrogen-bond acceptors (Lipinski definition) is 2. The van der Waals surface area contributed by atoms with Crippen LogP contribution >= 0.6 is 0 Å². The topological polar surface area (TPSA) is 32.3 Å². The Morgan fingerprint density at radius 1 is 1.30 bits per heavy atom. The number of nitrogens with zero attached hydrogens (tertiary/aromatic N) is 1. The molecule has 3 rings (SSSR count). The van der Waals surface area contributed by atoms with Gasteiger partial charge >= 0.3 is 0 Å². The lowest BCUT2D eigenvalue weighted by Crippen LogP contribution is -2.27. The third kappa shape index (κ3) is 2.85. The molecule has 0 bridgehead atoms. The molecule has 2 heterocycles. The molecule has 2 aliphatic heterocycles. The zero-order valence-electron chi connectivity index (χ0n) is 11.7. The first kappa shape index (κ1) is 13.6. The molecule has 4 heteroatoms. The van der Waals surface area contributed by atoms with Crippen LogP contribution in [0.15, 0.2) is 18.2 Å². The van der Waals surface area contributed by atoms with Crippen molar-refractivity contribution in [3.63, 3.8) is 0 Å². The third-order valence-electron chi connectivity index (χ3n) is 4.39. The van der Waals surface area contributed by atoms with Gasteiger partial charge in [0, 0.05) is 19.5 Å². The second-order valence-corrected chi connectivity index (χ2v) is 5.80. The Hall–Kier alpha value is -1.42. The Morgan fingerprint density at radius 3 is 2.75 bits per heavy atom. The fraction of sp³-hybridized carbons (Fsp3) is 0.562. The van der Waals surface area contributed by atoms with Gasteiger partial charge in [-0.2, -0.15) is 0 Å². The van der Waals surface area contributed by atoms with Gasteiger partial charge in [-0.1, -0.05) is 12.1 Å². The van der Waals surface area contributed by atoms with E-state index >= 15 is 0 Å². The molecule has 0 aromatic heterocycles. The van der Waals surface area contributed by atoms with Crippen LogP contribution in [-0.2, 0) is 11.3 Å². The number of benzene rings is 1. The SMILES string of the molecule is O=C1CCCN1Cc1ccc(C2CCNCC2)c(F)c1. The van der Waals surface area contributed by atoms with Crippen LogP contribution in [0.25, 0.3) is 0 Å². The van der Waals surface area contributed by atoms with Gasteiger partial charge in [-0.25, -0.2) is 4.39 Å². The highest BCUT2D eigenvalue weighted by molar-refractivity contribution is 5.78. The van der Waals surface area contributed by atoms with Crippen molar-refractivity contribution in [1.82, 2.24) is 10.2 Å². The highest BCUT2D eigenvalue weighted by Gasteiger charge is 2.22. The third-order valence-corrected chi connectivity index (χ3v) is 4.39. The van der Waals surface area contributed by atoms with Crippen LogP contribution in [0.1, 0.15) is 42.7 Å². The molecule has 1 aromatic rings. The average Bonchev–Trinajstić information content (AvgIpc) is 2.85. The molecule has 0 atom stereocenters. The Balaban J connectivity index is 1.71. The summed E-state index contributed by atoms with van der Waals surface area (Å²) < 4.78 is 14.3. The number of halogens is 1. The molecule has 2 aliphatic rings. The predicted octanol–water partition coefficient (Wildman–Crippen LogP) is 2.42. The molecule has 108 valence electrons. The quantitative estimate of drug-likeness (QED) is 0.919. The molecular formula is C16H21FN2O. The monoisotopic (exact) mass is 276 g/mol. The first-order valence-electron chi connectivity index (χ1n) is 7.51. The summed E-state index contributed by atoms with van der Waals surface area (Å²) in [6.07, 6.45) is 3.56. The number of amides is 1. The van der Waals surface area contributed by atoms with E-state index in [1.165, 1.54) is 0 Å². The van der Waals surface area contributed by atoms with E-state index in [1.54, 1.807) is 6.07 Å². The van der Waals surface area contributed by atoms with Gasteiger partial charge in [0.2, 0.25) is 5.91 Å². The Bertz CT molecular complexity index is 497. The summed E-state index contributed by atoms with van der Waals surface area (Å²) in [5.74, 6) is 0.410. The van der Waals surface area contributed by atoms with Gasteiger partial charge in [-0.3, -0.25) is 4.79 Å². The van der Waals surface area contributed by atoms with E-state index in [1.807, 2.05) is 17.0 Å². The lowest BCUT2D eigenvalue weighted by Gasteiger charge is -2.24. The molecular weight excluding hydrogens is 255 g/mol. The first-order valence-corrected chi connectivity index (χ1v) is 7.51. The fourth-order valence-electron chi connectivity index (χ4n) is 3.22. The van der Waals surface area contributed by atoms with E-state index in [0.717, 1.165) is 50.0 Å². The number of likely N-dealkylation sites (tertiary alicyclic amines) is 1. The van der Waals surface area contributed by atoms with Crippen molar-refractivity contribution in [3.8, 4) is 0 Å². The summed E-state index contributed by atoms with van der Waals surface area (Å²) in [5.41, 5.74) is 1.73. The Morgan fingerprint density at radius 2 is 2.10 bits per heavy atom. The van der Waals surface area contributed by atoms with Crippen molar-refractivity contribution in [3.05, 3.63) is 35.1 Å². The molecule has 20 heavy (non-hydrogen) atoms. The van der Waals surface area contributed by atoms with Crippen molar-refractivity contribution in [2.24, 2.45) is 0 Å². The first-order chi connectivity index (χ1) is 9.74. The second-order valence-electron chi connectivity index (χ2n) is 5.80. The molecule has 0 spiro atoms. The van der Waals surface area contributed by atoms with Crippen LogP contribution in [-0.4, -0.2) is 30.4 Å². The maximum atomic E-state index is 14.3. The summed E-state index contributed by atoms with van der Waals surface area (Å²) in [6, 6.07) is 5.51. The van der Waals surface area contributed by atoms with Crippen molar-refractivity contribution in [2.45, 2.75) is 38.1 Å². The maximum Gasteiger partial charge on any atom is 0.222 e. The molecule has 1 amide bonds. The molecule has 1 N–H and O–H groups in total. The van der Waals surface area contributed by atoms with Crippen molar-refractivity contribution >= 4 is 5.91 Å². The Labute approximate surface area is 119 Å². The molecule has 2 saturated heterocycles. The standard InChI is InChI=1S/C16H21FN2O/c17-15-10-12(11-19-9-1-2-16(19)20)3-4-14(15)13-5-7-18-8-6-13/h3-4,10,13,18H,1-2,5-9,11H2. The van der Waals surface area contributed by atoms with E-state index < -0.39 is 0 Å². The van der Waals surface area contributed by atoms with Crippen LogP contribution in [0.3, 0.4) is 0 Å². The van der Waals surface area contributed by atoms with Crippen LogP contribution in [0.5, 0.6) is 0 Å². The van der Waals surface area contributed by atoms with E-state index in [2.05, 4.69) is 5.32 Å². The van der Waals surface area contributed by atoms with Crippen LogP contribution < -0.4 is 5.32 Å². The summed E-state index contributed by atoms with van der Waals surface area (Å²) in [7, 11) is 0. The van der Waals surface area contributed by atoms with Crippen LogP contribution in [0.4, 0.5) is 4.39 Å². The van der Waals surface area contributed by atoms with Crippen LogP contribution in [0.2, 0.25) is 0 Å². The average molecular weight is 276 g/mol. The minimum absolute atomic E-state index is 0.110. The van der Waals surface area contributed by atoms with Crippen LogP contribution in [0, 0.1) is 5.82 Å². The molecule has 0 unspecified atom stereocenters. The van der Waals surface area contributed by atoms with Gasteiger partial charge in [-0.15, -0.1) is 0 Å². The van der Waals surface area contributed by atoms with E-state index in [0.29, 0.717) is 18.9 Å². The summed E-state index contributed by atoms with van der Waals surface area (Å²) >= 11 is 0. The number of hydrogen-bond donors (Lipinski definition) is 1. The molecule has 0 aliphatic carbocycles.